The molecule has 0 aliphatic rings. The minimum atomic E-state index is -0.181. The maximum absolute atomic E-state index is 13.6. The molecular weight excluding hydrogens is 307 g/mol. The van der Waals surface area contributed by atoms with Gasteiger partial charge >= 0.3 is 0 Å². The molecular formula is C19H17FN2S. The molecule has 23 heavy (non-hydrogen) atoms. The normalized spacial score (nSPS) is 10.7. The highest BCUT2D eigenvalue weighted by Crippen LogP contribution is 2.25. The summed E-state index contributed by atoms with van der Waals surface area (Å²) in [4.78, 5) is 0. The summed E-state index contributed by atoms with van der Waals surface area (Å²) in [5, 5.41) is 9.38. The summed E-state index contributed by atoms with van der Waals surface area (Å²) >= 11 is 1.49. The van der Waals surface area contributed by atoms with Gasteiger partial charge in [0, 0.05) is 11.3 Å². The zero-order chi connectivity index (χ0) is 16.2. The fraction of sp³-hybridized carbons (Fsp3) is 0.158. The van der Waals surface area contributed by atoms with Crippen LogP contribution in [-0.2, 0) is 5.75 Å². The molecule has 0 fully saturated rings. The molecule has 0 radical (unpaired) electrons. The first-order chi connectivity index (χ1) is 11.1. The molecule has 0 unspecified atom stereocenters. The van der Waals surface area contributed by atoms with Gasteiger partial charge in [-0.1, -0.05) is 47.7 Å². The quantitative estimate of drug-likeness (QED) is 0.618. The van der Waals surface area contributed by atoms with Gasteiger partial charge in [0.15, 0.2) is 0 Å². The van der Waals surface area contributed by atoms with Crippen molar-refractivity contribution >= 4 is 11.8 Å². The minimum Gasteiger partial charge on any atom is -0.207 e. The zero-order valence-corrected chi connectivity index (χ0v) is 13.9. The summed E-state index contributed by atoms with van der Waals surface area (Å²) in [5.74, 6) is 0.365. The second-order valence-corrected chi connectivity index (χ2v) is 6.45. The number of halogens is 1. The third-order valence-electron chi connectivity index (χ3n) is 3.64. The molecule has 0 saturated heterocycles. The summed E-state index contributed by atoms with van der Waals surface area (Å²) in [5.41, 5.74) is 5.02. The van der Waals surface area contributed by atoms with E-state index in [0.717, 1.165) is 16.3 Å². The van der Waals surface area contributed by atoms with Gasteiger partial charge in [0.25, 0.3) is 0 Å². The van der Waals surface area contributed by atoms with Crippen molar-refractivity contribution < 1.29 is 4.39 Å². The van der Waals surface area contributed by atoms with E-state index >= 15 is 0 Å². The van der Waals surface area contributed by atoms with E-state index in [1.54, 1.807) is 12.1 Å². The van der Waals surface area contributed by atoms with E-state index in [0.29, 0.717) is 11.3 Å². The van der Waals surface area contributed by atoms with Crippen LogP contribution in [0.2, 0.25) is 0 Å². The topological polar surface area (TPSA) is 25.8 Å². The Labute approximate surface area is 139 Å². The number of hydrogen-bond acceptors (Lipinski definition) is 3. The lowest BCUT2D eigenvalue weighted by Gasteiger charge is -2.07. The largest absolute Gasteiger partial charge is 0.207 e. The van der Waals surface area contributed by atoms with Crippen molar-refractivity contribution in [3.8, 4) is 11.3 Å². The van der Waals surface area contributed by atoms with Crippen molar-refractivity contribution in [2.75, 3.05) is 0 Å². The van der Waals surface area contributed by atoms with Crippen LogP contribution < -0.4 is 0 Å². The maximum atomic E-state index is 13.6. The Bertz CT molecular complexity index is 816. The van der Waals surface area contributed by atoms with Gasteiger partial charge in [0.05, 0.1) is 5.69 Å². The molecule has 0 N–H and O–H groups in total. The predicted octanol–water partition coefficient (Wildman–Crippen LogP) is 5.19. The van der Waals surface area contributed by atoms with Gasteiger partial charge < -0.3 is 0 Å². The smallest absolute Gasteiger partial charge is 0.127 e. The first-order valence-electron chi connectivity index (χ1n) is 7.41. The van der Waals surface area contributed by atoms with Gasteiger partial charge in [-0.25, -0.2) is 4.39 Å². The van der Waals surface area contributed by atoms with Crippen molar-refractivity contribution in [1.29, 1.82) is 0 Å². The molecule has 0 aliphatic carbocycles. The average Bonchev–Trinajstić information content (AvgIpc) is 2.57. The van der Waals surface area contributed by atoms with Crippen molar-refractivity contribution in [2.24, 2.45) is 0 Å². The second-order valence-electron chi connectivity index (χ2n) is 5.46. The van der Waals surface area contributed by atoms with Crippen LogP contribution in [-0.4, -0.2) is 10.2 Å². The van der Waals surface area contributed by atoms with E-state index in [4.69, 9.17) is 0 Å². The fourth-order valence-electron chi connectivity index (χ4n) is 2.32. The van der Waals surface area contributed by atoms with Crippen LogP contribution in [0.25, 0.3) is 11.3 Å². The van der Waals surface area contributed by atoms with Gasteiger partial charge in [0.1, 0.15) is 10.8 Å². The predicted molar refractivity (Wildman–Crippen MR) is 92.9 cm³/mol. The monoisotopic (exact) mass is 324 g/mol. The number of thioether (sulfide) groups is 1. The van der Waals surface area contributed by atoms with Crippen LogP contribution in [0.4, 0.5) is 4.39 Å². The molecule has 0 bridgehead atoms. The molecule has 1 aromatic heterocycles. The Morgan fingerprint density at radius 3 is 2.52 bits per heavy atom. The fourth-order valence-corrected chi connectivity index (χ4v) is 3.12. The molecule has 2 aromatic carbocycles. The molecule has 116 valence electrons. The van der Waals surface area contributed by atoms with Crippen LogP contribution in [0, 0.1) is 19.7 Å². The first-order valence-corrected chi connectivity index (χ1v) is 8.39. The summed E-state index contributed by atoms with van der Waals surface area (Å²) in [6.45, 7) is 4.13. The van der Waals surface area contributed by atoms with Crippen LogP contribution in [0.3, 0.4) is 0 Å². The van der Waals surface area contributed by atoms with Gasteiger partial charge in [-0.15, -0.1) is 10.2 Å². The number of benzene rings is 2. The second kappa shape index (κ2) is 6.92. The summed E-state index contributed by atoms with van der Waals surface area (Å²) in [7, 11) is 0. The Hall–Kier alpha value is -2.20. The van der Waals surface area contributed by atoms with Crippen molar-refractivity contribution in [3.05, 3.63) is 77.1 Å². The third-order valence-corrected chi connectivity index (χ3v) is 4.61. The van der Waals surface area contributed by atoms with Gasteiger partial charge in [-0.2, -0.15) is 0 Å². The van der Waals surface area contributed by atoms with Crippen LogP contribution >= 0.6 is 11.8 Å². The number of aromatic nitrogens is 2. The molecule has 2 nitrogen and oxygen atoms in total. The van der Waals surface area contributed by atoms with E-state index < -0.39 is 0 Å². The number of nitrogens with zero attached hydrogens (tertiary/aromatic N) is 2. The summed E-state index contributed by atoms with van der Waals surface area (Å²) in [6.07, 6.45) is 0. The first kappa shape index (κ1) is 15.7. The van der Waals surface area contributed by atoms with Crippen LogP contribution in [0.1, 0.15) is 16.7 Å². The summed E-state index contributed by atoms with van der Waals surface area (Å²) < 4.78 is 13.6. The zero-order valence-electron chi connectivity index (χ0n) is 13.1. The van der Waals surface area contributed by atoms with E-state index in [9.17, 15) is 4.39 Å². The van der Waals surface area contributed by atoms with Crippen molar-refractivity contribution in [3.63, 3.8) is 0 Å². The Morgan fingerprint density at radius 2 is 1.78 bits per heavy atom. The lowest BCUT2D eigenvalue weighted by molar-refractivity contribution is 0.617. The Balaban J connectivity index is 1.75. The lowest BCUT2D eigenvalue weighted by atomic mass is 10.0. The highest BCUT2D eigenvalue weighted by molar-refractivity contribution is 7.98. The minimum absolute atomic E-state index is 0.181. The Morgan fingerprint density at radius 1 is 0.957 bits per heavy atom. The third kappa shape index (κ3) is 3.77. The number of hydrogen-bond donors (Lipinski definition) is 0. The van der Waals surface area contributed by atoms with Gasteiger partial charge in [0.2, 0.25) is 0 Å². The van der Waals surface area contributed by atoms with Gasteiger partial charge in [-0.05, 0) is 49.2 Å². The average molecular weight is 324 g/mol. The lowest BCUT2D eigenvalue weighted by Crippen LogP contribution is -1.93. The van der Waals surface area contributed by atoms with Crippen LogP contribution in [0.5, 0.6) is 0 Å². The SMILES string of the molecule is Cc1ccc(C)c(-c2ccc(SCc3ccccc3F)nn2)c1. The molecule has 0 saturated carbocycles. The molecule has 4 heteroatoms. The highest BCUT2D eigenvalue weighted by atomic mass is 32.2. The van der Waals surface area contributed by atoms with E-state index in [1.807, 2.05) is 18.2 Å². The molecule has 0 amide bonds. The van der Waals surface area contributed by atoms with Crippen molar-refractivity contribution in [1.82, 2.24) is 10.2 Å². The molecule has 1 heterocycles. The van der Waals surface area contributed by atoms with E-state index in [-0.39, 0.29) is 5.82 Å². The molecule has 3 rings (SSSR count). The van der Waals surface area contributed by atoms with E-state index in [2.05, 4.69) is 42.2 Å². The number of rotatable bonds is 4. The maximum Gasteiger partial charge on any atom is 0.127 e. The Kier molecular flexibility index (Phi) is 4.72. The molecule has 3 aromatic rings. The molecule has 0 aliphatic heterocycles. The van der Waals surface area contributed by atoms with Crippen LogP contribution in [0.15, 0.2) is 59.6 Å². The standard InChI is InChI=1S/C19H17FN2S/c1-13-7-8-14(2)16(11-13)18-9-10-19(22-21-18)23-12-15-5-3-4-6-17(15)20/h3-11H,12H2,1-2H3. The van der Waals surface area contributed by atoms with Crippen molar-refractivity contribution in [2.45, 2.75) is 24.6 Å². The molecule has 0 atom stereocenters. The highest BCUT2D eigenvalue weighted by Gasteiger charge is 2.07. The summed E-state index contributed by atoms with van der Waals surface area (Å²) in [6, 6.07) is 17.0. The number of aryl methyl sites for hydroxylation is 2. The molecule has 0 spiro atoms. The van der Waals surface area contributed by atoms with E-state index in [1.165, 1.54) is 29.0 Å². The van der Waals surface area contributed by atoms with Gasteiger partial charge in [-0.3, -0.25) is 0 Å².